The van der Waals surface area contributed by atoms with Crippen molar-refractivity contribution in [1.29, 1.82) is 5.26 Å². The first-order valence-electron chi connectivity index (χ1n) is 8.67. The van der Waals surface area contributed by atoms with Crippen LogP contribution in [-0.2, 0) is 19.7 Å². The standard InChI is InChI=1S/C21H20N2O3/c22-14-16-8-10-18(11-9-16)23-19(24)15-26-20(25)21(12-4-5-13-21)17-6-2-1-3-7-17/h1-3,6-11H,4-5,12-13,15H2,(H,23,24). The Hall–Kier alpha value is -3.13. The number of rotatable bonds is 5. The van der Waals surface area contributed by atoms with Gasteiger partial charge in [-0.3, -0.25) is 9.59 Å². The second-order valence-corrected chi connectivity index (χ2v) is 6.47. The molecule has 0 atom stereocenters. The molecule has 1 aliphatic carbocycles. The van der Waals surface area contributed by atoms with Gasteiger partial charge in [-0.25, -0.2) is 0 Å². The van der Waals surface area contributed by atoms with Crippen LogP contribution in [0.25, 0.3) is 0 Å². The van der Waals surface area contributed by atoms with E-state index in [-0.39, 0.29) is 12.6 Å². The van der Waals surface area contributed by atoms with Crippen molar-refractivity contribution in [3.8, 4) is 6.07 Å². The van der Waals surface area contributed by atoms with Crippen LogP contribution in [0.4, 0.5) is 5.69 Å². The maximum absolute atomic E-state index is 12.8. The van der Waals surface area contributed by atoms with E-state index in [1.165, 1.54) is 0 Å². The largest absolute Gasteiger partial charge is 0.455 e. The summed E-state index contributed by atoms with van der Waals surface area (Å²) < 4.78 is 5.36. The molecule has 0 spiro atoms. The Morgan fingerprint density at radius 2 is 1.69 bits per heavy atom. The summed E-state index contributed by atoms with van der Waals surface area (Å²) in [5.41, 5.74) is 1.38. The van der Waals surface area contributed by atoms with Crippen LogP contribution in [0.3, 0.4) is 0 Å². The summed E-state index contributed by atoms with van der Waals surface area (Å²) in [4.78, 5) is 24.8. The van der Waals surface area contributed by atoms with Gasteiger partial charge >= 0.3 is 5.97 Å². The fraction of sp³-hybridized carbons (Fsp3) is 0.286. The van der Waals surface area contributed by atoms with E-state index in [2.05, 4.69) is 5.32 Å². The van der Waals surface area contributed by atoms with Gasteiger partial charge in [0.2, 0.25) is 0 Å². The van der Waals surface area contributed by atoms with Crippen molar-refractivity contribution >= 4 is 17.6 Å². The molecule has 0 radical (unpaired) electrons. The number of hydrogen-bond donors (Lipinski definition) is 1. The number of nitrogens with one attached hydrogen (secondary N) is 1. The van der Waals surface area contributed by atoms with E-state index >= 15 is 0 Å². The number of hydrogen-bond acceptors (Lipinski definition) is 4. The van der Waals surface area contributed by atoms with E-state index in [1.807, 2.05) is 36.4 Å². The number of carbonyl (C=O) groups is 2. The molecule has 1 aliphatic rings. The van der Waals surface area contributed by atoms with E-state index in [9.17, 15) is 9.59 Å². The maximum Gasteiger partial charge on any atom is 0.317 e. The quantitative estimate of drug-likeness (QED) is 0.838. The highest BCUT2D eigenvalue weighted by Crippen LogP contribution is 2.42. The van der Waals surface area contributed by atoms with Crippen LogP contribution in [0, 0.1) is 11.3 Å². The van der Waals surface area contributed by atoms with Crippen molar-refractivity contribution in [3.63, 3.8) is 0 Å². The first-order chi connectivity index (χ1) is 12.6. The zero-order chi connectivity index (χ0) is 18.4. The summed E-state index contributed by atoms with van der Waals surface area (Å²) in [5, 5.41) is 11.4. The summed E-state index contributed by atoms with van der Waals surface area (Å²) >= 11 is 0. The van der Waals surface area contributed by atoms with Gasteiger partial charge in [0.25, 0.3) is 5.91 Å². The van der Waals surface area contributed by atoms with Gasteiger partial charge in [-0.2, -0.15) is 5.26 Å². The molecule has 1 amide bonds. The van der Waals surface area contributed by atoms with Crippen molar-refractivity contribution < 1.29 is 14.3 Å². The van der Waals surface area contributed by atoms with Crippen molar-refractivity contribution in [2.75, 3.05) is 11.9 Å². The van der Waals surface area contributed by atoms with E-state index in [1.54, 1.807) is 24.3 Å². The number of carbonyl (C=O) groups excluding carboxylic acids is 2. The van der Waals surface area contributed by atoms with Crippen molar-refractivity contribution in [3.05, 3.63) is 65.7 Å². The highest BCUT2D eigenvalue weighted by atomic mass is 16.5. The van der Waals surface area contributed by atoms with E-state index < -0.39 is 11.3 Å². The summed E-state index contributed by atoms with van der Waals surface area (Å²) in [6, 6.07) is 18.2. The normalized spacial score (nSPS) is 15.0. The minimum Gasteiger partial charge on any atom is -0.455 e. The molecular weight excluding hydrogens is 328 g/mol. The Bertz CT molecular complexity index is 817. The molecule has 0 saturated heterocycles. The molecule has 3 rings (SSSR count). The molecule has 26 heavy (non-hydrogen) atoms. The van der Waals surface area contributed by atoms with Crippen LogP contribution in [0.15, 0.2) is 54.6 Å². The third-order valence-electron chi connectivity index (χ3n) is 4.81. The van der Waals surface area contributed by atoms with Gasteiger partial charge in [0.05, 0.1) is 17.0 Å². The van der Waals surface area contributed by atoms with Gasteiger partial charge in [-0.05, 0) is 42.7 Å². The summed E-state index contributed by atoms with van der Waals surface area (Å²) in [6.07, 6.45) is 3.43. The predicted molar refractivity (Wildman–Crippen MR) is 97.3 cm³/mol. The third kappa shape index (κ3) is 3.75. The van der Waals surface area contributed by atoms with E-state index in [0.29, 0.717) is 11.3 Å². The van der Waals surface area contributed by atoms with E-state index in [4.69, 9.17) is 10.00 Å². The lowest BCUT2D eigenvalue weighted by Gasteiger charge is -2.27. The lowest BCUT2D eigenvalue weighted by molar-refractivity contribution is -0.153. The van der Waals surface area contributed by atoms with Crippen LogP contribution >= 0.6 is 0 Å². The van der Waals surface area contributed by atoms with Gasteiger partial charge in [0.15, 0.2) is 6.61 Å². The molecule has 1 N–H and O–H groups in total. The lowest BCUT2D eigenvalue weighted by atomic mass is 9.79. The van der Waals surface area contributed by atoms with Crippen molar-refractivity contribution in [1.82, 2.24) is 0 Å². The van der Waals surface area contributed by atoms with Crippen LogP contribution in [-0.4, -0.2) is 18.5 Å². The molecule has 2 aromatic rings. The number of anilines is 1. The molecule has 0 heterocycles. The van der Waals surface area contributed by atoms with Gasteiger partial charge in [-0.15, -0.1) is 0 Å². The Morgan fingerprint density at radius 1 is 1.04 bits per heavy atom. The number of ether oxygens (including phenoxy) is 1. The summed E-state index contributed by atoms with van der Waals surface area (Å²) in [6.45, 7) is -0.326. The van der Waals surface area contributed by atoms with Crippen LogP contribution in [0.2, 0.25) is 0 Å². The van der Waals surface area contributed by atoms with Crippen LogP contribution < -0.4 is 5.32 Å². The molecule has 0 unspecified atom stereocenters. The van der Waals surface area contributed by atoms with Crippen LogP contribution in [0.1, 0.15) is 36.8 Å². The Kier molecular flexibility index (Phi) is 5.33. The second kappa shape index (κ2) is 7.83. The van der Waals surface area contributed by atoms with Crippen LogP contribution in [0.5, 0.6) is 0 Å². The molecular formula is C21H20N2O3. The smallest absolute Gasteiger partial charge is 0.317 e. The van der Waals surface area contributed by atoms with Gasteiger partial charge in [0.1, 0.15) is 0 Å². The summed E-state index contributed by atoms with van der Waals surface area (Å²) in [5.74, 6) is -0.736. The molecule has 0 aromatic heterocycles. The number of amides is 1. The highest BCUT2D eigenvalue weighted by molar-refractivity contribution is 5.94. The topological polar surface area (TPSA) is 79.2 Å². The minimum atomic E-state index is -0.643. The lowest BCUT2D eigenvalue weighted by Crippen LogP contribution is -2.36. The van der Waals surface area contributed by atoms with Crippen molar-refractivity contribution in [2.45, 2.75) is 31.1 Å². The first kappa shape index (κ1) is 17.7. The number of nitrogens with zero attached hydrogens (tertiary/aromatic N) is 1. The van der Waals surface area contributed by atoms with Gasteiger partial charge in [0, 0.05) is 5.69 Å². The summed E-state index contributed by atoms with van der Waals surface area (Å²) in [7, 11) is 0. The van der Waals surface area contributed by atoms with E-state index in [0.717, 1.165) is 31.2 Å². The fourth-order valence-corrected chi connectivity index (χ4v) is 3.44. The van der Waals surface area contributed by atoms with Crippen molar-refractivity contribution in [2.24, 2.45) is 0 Å². The predicted octanol–water partition coefficient (Wildman–Crippen LogP) is 3.55. The minimum absolute atomic E-state index is 0.326. The maximum atomic E-state index is 12.8. The molecule has 5 nitrogen and oxygen atoms in total. The zero-order valence-corrected chi connectivity index (χ0v) is 14.4. The Labute approximate surface area is 152 Å². The van der Waals surface area contributed by atoms with Gasteiger partial charge < -0.3 is 10.1 Å². The molecule has 1 fully saturated rings. The monoisotopic (exact) mass is 348 g/mol. The molecule has 2 aromatic carbocycles. The number of esters is 1. The molecule has 1 saturated carbocycles. The SMILES string of the molecule is N#Cc1ccc(NC(=O)COC(=O)C2(c3ccccc3)CCCC2)cc1. The fourth-order valence-electron chi connectivity index (χ4n) is 3.44. The molecule has 0 bridgehead atoms. The third-order valence-corrected chi connectivity index (χ3v) is 4.81. The average molecular weight is 348 g/mol. The second-order valence-electron chi connectivity index (χ2n) is 6.47. The molecule has 0 aliphatic heterocycles. The first-order valence-corrected chi connectivity index (χ1v) is 8.67. The number of benzene rings is 2. The highest BCUT2D eigenvalue weighted by Gasteiger charge is 2.44. The molecule has 132 valence electrons. The zero-order valence-electron chi connectivity index (χ0n) is 14.4. The van der Waals surface area contributed by atoms with Gasteiger partial charge in [-0.1, -0.05) is 43.2 Å². The average Bonchev–Trinajstić information content (AvgIpc) is 3.18. The Balaban J connectivity index is 1.61. The number of nitriles is 1. The Morgan fingerprint density at radius 3 is 2.31 bits per heavy atom. The molecule has 5 heteroatoms.